The molecule has 2 amide bonds. The number of urea groups is 1. The van der Waals surface area contributed by atoms with Crippen LogP contribution in [0.1, 0.15) is 17.7 Å². The Morgan fingerprint density at radius 2 is 2.22 bits per heavy atom. The molecular formula is C11H16N2O3S2. The molecule has 1 saturated heterocycles. The van der Waals surface area contributed by atoms with Gasteiger partial charge in [-0.1, -0.05) is 0 Å². The topological polar surface area (TPSA) is 75.3 Å². The summed E-state index contributed by atoms with van der Waals surface area (Å²) in [4.78, 5) is 12.8. The van der Waals surface area contributed by atoms with E-state index in [1.54, 1.807) is 0 Å². The van der Waals surface area contributed by atoms with Gasteiger partial charge in [-0.2, -0.15) is 0 Å². The number of carbonyl (C=O) groups excluding carboxylic acids is 1. The number of carbonyl (C=O) groups is 1. The fourth-order valence-corrected chi connectivity index (χ4v) is 4.37. The lowest BCUT2D eigenvalue weighted by Crippen LogP contribution is -2.44. The summed E-state index contributed by atoms with van der Waals surface area (Å²) in [5.74, 6) is 0.279. The van der Waals surface area contributed by atoms with Crippen LogP contribution in [0.5, 0.6) is 0 Å². The molecule has 1 aromatic heterocycles. The lowest BCUT2D eigenvalue weighted by Gasteiger charge is -2.22. The predicted octanol–water partition coefficient (Wildman–Crippen LogP) is 1.76. The summed E-state index contributed by atoms with van der Waals surface area (Å²) in [5, 5.41) is 6.19. The Morgan fingerprint density at radius 1 is 1.44 bits per heavy atom. The van der Waals surface area contributed by atoms with Crippen molar-refractivity contribution in [2.45, 2.75) is 25.8 Å². The molecule has 1 aliphatic heterocycles. The molecule has 0 aromatic carbocycles. The van der Waals surface area contributed by atoms with Crippen molar-refractivity contribution < 1.29 is 13.2 Å². The van der Waals surface area contributed by atoms with Crippen molar-refractivity contribution in [3.63, 3.8) is 0 Å². The lowest BCUT2D eigenvalue weighted by molar-refractivity contribution is 0.248. The normalized spacial score (nSPS) is 22.4. The van der Waals surface area contributed by atoms with E-state index in [2.05, 4.69) is 10.6 Å². The van der Waals surface area contributed by atoms with Gasteiger partial charge >= 0.3 is 6.03 Å². The number of thiophene rings is 1. The molecule has 1 fully saturated rings. The second-order valence-electron chi connectivity index (χ2n) is 4.46. The molecule has 0 aliphatic carbocycles. The van der Waals surface area contributed by atoms with E-state index in [1.807, 2.05) is 19.1 Å². The third-order valence-electron chi connectivity index (χ3n) is 2.78. The number of anilines is 1. The maximum atomic E-state index is 11.7. The van der Waals surface area contributed by atoms with E-state index in [1.165, 1.54) is 11.3 Å². The molecule has 1 atom stereocenters. The van der Waals surface area contributed by atoms with E-state index in [9.17, 15) is 13.2 Å². The molecule has 2 heterocycles. The number of hydrogen-bond donors (Lipinski definition) is 2. The quantitative estimate of drug-likeness (QED) is 0.870. The number of rotatable bonds is 2. The van der Waals surface area contributed by atoms with Crippen molar-refractivity contribution >= 4 is 32.2 Å². The van der Waals surface area contributed by atoms with Crippen LogP contribution in [-0.2, 0) is 9.84 Å². The number of aryl methyl sites for hydroxylation is 1. The standard InChI is InChI=1S/C11H16N2O3S2/c1-8-4-5-10(17-8)13-11(14)12-9-3-2-6-18(15,16)7-9/h4-5,9H,2-3,6-7H2,1H3,(H2,12,13,14)/t9-/m1/s1. The highest BCUT2D eigenvalue weighted by atomic mass is 32.2. The van der Waals surface area contributed by atoms with Gasteiger partial charge in [-0.3, -0.25) is 5.32 Å². The third kappa shape index (κ3) is 3.71. The van der Waals surface area contributed by atoms with E-state index >= 15 is 0 Å². The van der Waals surface area contributed by atoms with Crippen molar-refractivity contribution in [2.75, 3.05) is 16.8 Å². The Labute approximate surface area is 111 Å². The monoisotopic (exact) mass is 288 g/mol. The largest absolute Gasteiger partial charge is 0.334 e. The molecule has 100 valence electrons. The molecule has 0 spiro atoms. The Morgan fingerprint density at radius 3 is 2.83 bits per heavy atom. The second kappa shape index (κ2) is 5.27. The number of nitrogens with one attached hydrogen (secondary N) is 2. The molecule has 0 unspecified atom stereocenters. The molecule has 0 bridgehead atoms. The number of amides is 2. The van der Waals surface area contributed by atoms with Gasteiger partial charge in [0.15, 0.2) is 9.84 Å². The molecule has 1 aromatic rings. The first-order valence-corrected chi connectivity index (χ1v) is 8.43. The Kier molecular flexibility index (Phi) is 3.91. The highest BCUT2D eigenvalue weighted by molar-refractivity contribution is 7.91. The van der Waals surface area contributed by atoms with Crippen LogP contribution < -0.4 is 10.6 Å². The van der Waals surface area contributed by atoms with Crippen LogP contribution in [0.4, 0.5) is 9.80 Å². The van der Waals surface area contributed by atoms with Crippen molar-refractivity contribution in [3.8, 4) is 0 Å². The highest BCUT2D eigenvalue weighted by Crippen LogP contribution is 2.20. The fourth-order valence-electron chi connectivity index (χ4n) is 1.97. The van der Waals surface area contributed by atoms with Crippen molar-refractivity contribution in [1.29, 1.82) is 0 Å². The van der Waals surface area contributed by atoms with Gasteiger partial charge < -0.3 is 5.32 Å². The average molecular weight is 288 g/mol. The minimum atomic E-state index is -2.99. The highest BCUT2D eigenvalue weighted by Gasteiger charge is 2.25. The van der Waals surface area contributed by atoms with Gasteiger partial charge in [-0.05, 0) is 31.9 Å². The van der Waals surface area contributed by atoms with Crippen LogP contribution >= 0.6 is 11.3 Å². The Hall–Kier alpha value is -1.08. The molecule has 0 radical (unpaired) electrons. The first-order chi connectivity index (χ1) is 8.44. The zero-order valence-electron chi connectivity index (χ0n) is 10.1. The number of hydrogen-bond acceptors (Lipinski definition) is 4. The lowest BCUT2D eigenvalue weighted by atomic mass is 10.2. The third-order valence-corrected chi connectivity index (χ3v) is 5.51. The summed E-state index contributed by atoms with van der Waals surface area (Å²) >= 11 is 1.49. The molecular weight excluding hydrogens is 272 g/mol. The smallest absolute Gasteiger partial charge is 0.320 e. The van der Waals surface area contributed by atoms with E-state index in [0.29, 0.717) is 6.42 Å². The van der Waals surface area contributed by atoms with E-state index in [0.717, 1.165) is 16.3 Å². The minimum absolute atomic E-state index is 0.0455. The molecule has 2 rings (SSSR count). The zero-order chi connectivity index (χ0) is 13.2. The van der Waals surface area contributed by atoms with Gasteiger partial charge in [0, 0.05) is 10.9 Å². The van der Waals surface area contributed by atoms with Crippen LogP contribution in [0.2, 0.25) is 0 Å². The van der Waals surface area contributed by atoms with Gasteiger partial charge in [0.1, 0.15) is 0 Å². The van der Waals surface area contributed by atoms with E-state index < -0.39 is 9.84 Å². The molecule has 18 heavy (non-hydrogen) atoms. The van der Waals surface area contributed by atoms with Gasteiger partial charge in [0.05, 0.1) is 16.5 Å². The molecule has 7 heteroatoms. The molecule has 1 aliphatic rings. The zero-order valence-corrected chi connectivity index (χ0v) is 11.7. The van der Waals surface area contributed by atoms with Gasteiger partial charge in [0.25, 0.3) is 0 Å². The Bertz CT molecular complexity index is 536. The summed E-state index contributed by atoms with van der Waals surface area (Å²) in [5.41, 5.74) is 0. The minimum Gasteiger partial charge on any atom is -0.334 e. The summed E-state index contributed by atoms with van der Waals surface area (Å²) in [6, 6.07) is 3.14. The SMILES string of the molecule is Cc1ccc(NC(=O)N[C@@H]2CCCS(=O)(=O)C2)s1. The first kappa shape index (κ1) is 13.4. The predicted molar refractivity (Wildman–Crippen MR) is 72.9 cm³/mol. The first-order valence-electron chi connectivity index (χ1n) is 5.79. The summed E-state index contributed by atoms with van der Waals surface area (Å²) in [6.07, 6.45) is 1.33. The molecule has 5 nitrogen and oxygen atoms in total. The van der Waals surface area contributed by atoms with Gasteiger partial charge in [-0.15, -0.1) is 11.3 Å². The summed E-state index contributed by atoms with van der Waals surface area (Å²) < 4.78 is 22.9. The fraction of sp³-hybridized carbons (Fsp3) is 0.545. The van der Waals surface area contributed by atoms with Crippen molar-refractivity contribution in [2.24, 2.45) is 0 Å². The summed E-state index contributed by atoms with van der Waals surface area (Å²) in [6.45, 7) is 1.96. The maximum absolute atomic E-state index is 11.7. The summed E-state index contributed by atoms with van der Waals surface area (Å²) in [7, 11) is -2.99. The van der Waals surface area contributed by atoms with E-state index in [-0.39, 0.29) is 23.6 Å². The van der Waals surface area contributed by atoms with Crippen molar-refractivity contribution in [1.82, 2.24) is 5.32 Å². The van der Waals surface area contributed by atoms with Crippen LogP contribution in [-0.4, -0.2) is 32.0 Å². The van der Waals surface area contributed by atoms with Crippen molar-refractivity contribution in [3.05, 3.63) is 17.0 Å². The molecule has 2 N–H and O–H groups in total. The van der Waals surface area contributed by atoms with Crippen LogP contribution in [0.15, 0.2) is 12.1 Å². The Balaban J connectivity index is 1.88. The van der Waals surface area contributed by atoms with Gasteiger partial charge in [-0.25, -0.2) is 13.2 Å². The van der Waals surface area contributed by atoms with Crippen LogP contribution in [0, 0.1) is 6.92 Å². The van der Waals surface area contributed by atoms with E-state index in [4.69, 9.17) is 0 Å². The van der Waals surface area contributed by atoms with Crippen LogP contribution in [0.25, 0.3) is 0 Å². The molecule has 0 saturated carbocycles. The maximum Gasteiger partial charge on any atom is 0.320 e. The number of sulfone groups is 1. The second-order valence-corrected chi connectivity index (χ2v) is 7.98. The average Bonchev–Trinajstić information content (AvgIpc) is 2.62. The van der Waals surface area contributed by atoms with Gasteiger partial charge in [0.2, 0.25) is 0 Å². The van der Waals surface area contributed by atoms with Crippen LogP contribution in [0.3, 0.4) is 0 Å².